The highest BCUT2D eigenvalue weighted by atomic mass is 16.5. The minimum absolute atomic E-state index is 0.104. The summed E-state index contributed by atoms with van der Waals surface area (Å²) in [5, 5.41) is 37.8. The zero-order valence-corrected chi connectivity index (χ0v) is 31.0. The van der Waals surface area contributed by atoms with E-state index in [2.05, 4.69) is 20.8 Å². The number of rotatable bonds is 33. The van der Waals surface area contributed by atoms with Crippen LogP contribution in [0.1, 0.15) is 213 Å². The molecule has 47 heavy (non-hydrogen) atoms. The van der Waals surface area contributed by atoms with Gasteiger partial charge in [-0.25, -0.2) is 0 Å². The highest BCUT2D eigenvalue weighted by molar-refractivity contribution is 5.69. The molecule has 8 heteroatoms. The van der Waals surface area contributed by atoms with Crippen molar-refractivity contribution in [2.45, 2.75) is 219 Å². The summed E-state index contributed by atoms with van der Waals surface area (Å²) in [4.78, 5) is 31.4. The lowest BCUT2D eigenvalue weighted by Crippen LogP contribution is -2.21. The van der Waals surface area contributed by atoms with Crippen LogP contribution in [0.4, 0.5) is 0 Å². The Hall–Kier alpha value is -1.67. The van der Waals surface area contributed by atoms with Crippen LogP contribution in [0.15, 0.2) is 0 Å². The van der Waals surface area contributed by atoms with Crippen LogP contribution in [0, 0.1) is 0 Å². The number of hydrogen-bond acceptors (Lipinski definition) is 8. The molecular formula is C39H76O8-2. The Kier molecular flexibility index (Phi) is 46.9. The van der Waals surface area contributed by atoms with Gasteiger partial charge >= 0.3 is 5.97 Å². The number of aliphatic hydroxyl groups excluding tert-OH is 2. The second kappa shape index (κ2) is 44.3. The van der Waals surface area contributed by atoms with E-state index in [0.29, 0.717) is 6.42 Å². The molecule has 0 aromatic carbocycles. The number of esters is 1. The summed E-state index contributed by atoms with van der Waals surface area (Å²) in [5.74, 6) is -2.10. The van der Waals surface area contributed by atoms with Crippen molar-refractivity contribution in [3.05, 3.63) is 0 Å². The van der Waals surface area contributed by atoms with Crippen LogP contribution in [-0.4, -0.2) is 47.4 Å². The van der Waals surface area contributed by atoms with E-state index in [1.165, 1.54) is 135 Å². The Labute approximate surface area is 289 Å². The molecule has 0 saturated heterocycles. The molecule has 8 nitrogen and oxygen atoms in total. The molecule has 0 aromatic rings. The fourth-order valence-electron chi connectivity index (χ4n) is 5.05. The largest absolute Gasteiger partial charge is 0.550 e. The van der Waals surface area contributed by atoms with Crippen LogP contribution in [0.5, 0.6) is 0 Å². The number of carboxylic acid groups (broad SMARTS) is 2. The highest BCUT2D eigenvalue weighted by Crippen LogP contribution is 2.12. The molecule has 0 heterocycles. The molecule has 0 radical (unpaired) electrons. The predicted octanol–water partition coefficient (Wildman–Crippen LogP) is 8.12. The summed E-state index contributed by atoms with van der Waals surface area (Å²) in [5.41, 5.74) is 0. The van der Waals surface area contributed by atoms with E-state index in [4.69, 9.17) is 14.9 Å². The second-order valence-electron chi connectivity index (χ2n) is 13.0. The molecule has 0 amide bonds. The van der Waals surface area contributed by atoms with Crippen LogP contribution < -0.4 is 10.2 Å². The molecule has 0 bridgehead atoms. The maximum Gasteiger partial charge on any atom is 0.305 e. The molecule has 0 fully saturated rings. The Morgan fingerprint density at radius 2 is 0.723 bits per heavy atom. The van der Waals surface area contributed by atoms with Gasteiger partial charge in [-0.15, -0.1) is 0 Å². The molecule has 1 atom stereocenters. The van der Waals surface area contributed by atoms with Gasteiger partial charge in [0.05, 0.1) is 6.61 Å². The SMILES string of the molecule is CCCCCCCCCCCC(=O)OCC(O)CO.CCCCCCCCCCCC(=O)[O-].CCCCCCCCCCCC(=O)[O-]. The lowest BCUT2D eigenvalue weighted by Gasteiger charge is -2.08. The number of aliphatic hydroxyl groups is 2. The first-order valence-electron chi connectivity index (χ1n) is 19.6. The smallest absolute Gasteiger partial charge is 0.305 e. The number of hydrogen-bond donors (Lipinski definition) is 2. The molecule has 0 aliphatic carbocycles. The normalized spacial score (nSPS) is 11.2. The van der Waals surface area contributed by atoms with Crippen molar-refractivity contribution in [1.29, 1.82) is 0 Å². The molecule has 0 aliphatic rings. The van der Waals surface area contributed by atoms with E-state index in [0.717, 1.165) is 38.5 Å². The van der Waals surface area contributed by atoms with E-state index in [9.17, 15) is 24.6 Å². The molecule has 1 unspecified atom stereocenters. The van der Waals surface area contributed by atoms with E-state index >= 15 is 0 Å². The Morgan fingerprint density at radius 1 is 0.468 bits per heavy atom. The number of aliphatic carboxylic acids is 2. The average Bonchev–Trinajstić information content (AvgIpc) is 3.05. The maximum atomic E-state index is 11.3. The molecule has 0 saturated carbocycles. The van der Waals surface area contributed by atoms with Gasteiger partial charge in [0, 0.05) is 18.4 Å². The topological polar surface area (TPSA) is 147 Å². The Morgan fingerprint density at radius 3 is 0.979 bits per heavy atom. The van der Waals surface area contributed by atoms with Crippen LogP contribution in [0.2, 0.25) is 0 Å². The van der Waals surface area contributed by atoms with E-state index in [1.54, 1.807) is 0 Å². The Balaban J connectivity index is -0.000000630. The van der Waals surface area contributed by atoms with Gasteiger partial charge in [0.25, 0.3) is 0 Å². The number of ether oxygens (including phenoxy) is 1. The zero-order chi connectivity index (χ0) is 35.6. The van der Waals surface area contributed by atoms with Gasteiger partial charge in [0.1, 0.15) is 12.7 Å². The monoisotopic (exact) mass is 673 g/mol. The van der Waals surface area contributed by atoms with Crippen LogP contribution in [-0.2, 0) is 19.1 Å². The molecule has 282 valence electrons. The van der Waals surface area contributed by atoms with Gasteiger partial charge in [-0.05, 0) is 32.1 Å². The zero-order valence-electron chi connectivity index (χ0n) is 31.0. The predicted molar refractivity (Wildman–Crippen MR) is 190 cm³/mol. The minimum atomic E-state index is -0.952. The van der Waals surface area contributed by atoms with Crippen molar-refractivity contribution in [3.8, 4) is 0 Å². The van der Waals surface area contributed by atoms with Crippen molar-refractivity contribution in [1.82, 2.24) is 0 Å². The van der Waals surface area contributed by atoms with E-state index in [1.807, 2.05) is 0 Å². The number of carboxylic acids is 2. The first kappa shape index (κ1) is 49.7. The summed E-state index contributed by atoms with van der Waals surface area (Å²) >= 11 is 0. The lowest BCUT2D eigenvalue weighted by atomic mass is 10.1. The number of unbranched alkanes of at least 4 members (excludes halogenated alkanes) is 24. The molecule has 0 spiro atoms. The van der Waals surface area contributed by atoms with Gasteiger partial charge in [-0.1, -0.05) is 175 Å². The summed E-state index contributed by atoms with van der Waals surface area (Å²) < 4.78 is 4.82. The lowest BCUT2D eigenvalue weighted by molar-refractivity contribution is -0.307. The molecule has 2 N–H and O–H groups in total. The summed E-state index contributed by atoms with van der Waals surface area (Å²) in [6, 6.07) is 0. The van der Waals surface area contributed by atoms with Crippen molar-refractivity contribution in [2.24, 2.45) is 0 Å². The van der Waals surface area contributed by atoms with Gasteiger partial charge in [0.15, 0.2) is 0 Å². The second-order valence-corrected chi connectivity index (χ2v) is 13.0. The third-order valence-corrected chi connectivity index (χ3v) is 8.10. The molecular weight excluding hydrogens is 596 g/mol. The number of carbonyl (C=O) groups is 3. The van der Waals surface area contributed by atoms with Gasteiger partial charge in [0.2, 0.25) is 0 Å². The van der Waals surface area contributed by atoms with Gasteiger partial charge in [-0.2, -0.15) is 0 Å². The molecule has 0 aliphatic heterocycles. The summed E-state index contributed by atoms with van der Waals surface area (Å²) in [7, 11) is 0. The van der Waals surface area contributed by atoms with Crippen molar-refractivity contribution < 1.29 is 39.5 Å². The van der Waals surface area contributed by atoms with E-state index in [-0.39, 0.29) is 32.0 Å². The summed E-state index contributed by atoms with van der Waals surface area (Å²) in [6.45, 7) is 6.19. The maximum absolute atomic E-state index is 11.3. The standard InChI is InChI=1S/C15H30O4.2C12H24O2/c1-2-3-4-5-6-7-8-9-10-11-15(18)19-13-14(17)12-16;2*1-2-3-4-5-6-7-8-9-10-11-12(13)14/h14,16-17H,2-13H2,1H3;2*2-11H2,1H3,(H,13,14)/p-2. The van der Waals surface area contributed by atoms with Crippen LogP contribution >= 0.6 is 0 Å². The molecule has 0 aromatic heterocycles. The van der Waals surface area contributed by atoms with Gasteiger partial charge < -0.3 is 34.8 Å². The van der Waals surface area contributed by atoms with Crippen molar-refractivity contribution in [3.63, 3.8) is 0 Å². The average molecular weight is 673 g/mol. The van der Waals surface area contributed by atoms with E-state index < -0.39 is 18.0 Å². The first-order chi connectivity index (χ1) is 22.7. The Bertz CT molecular complexity index is 608. The van der Waals surface area contributed by atoms with Gasteiger partial charge in [-0.3, -0.25) is 4.79 Å². The van der Waals surface area contributed by atoms with Crippen molar-refractivity contribution >= 4 is 17.9 Å². The fourth-order valence-corrected chi connectivity index (χ4v) is 5.05. The third-order valence-electron chi connectivity index (χ3n) is 8.10. The highest BCUT2D eigenvalue weighted by Gasteiger charge is 2.07. The quantitative estimate of drug-likeness (QED) is 0.0525. The van der Waals surface area contributed by atoms with Crippen LogP contribution in [0.3, 0.4) is 0 Å². The van der Waals surface area contributed by atoms with Crippen LogP contribution in [0.25, 0.3) is 0 Å². The molecule has 0 rings (SSSR count). The minimum Gasteiger partial charge on any atom is -0.550 e. The number of carbonyl (C=O) groups excluding carboxylic acids is 3. The first-order valence-corrected chi connectivity index (χ1v) is 19.6. The van der Waals surface area contributed by atoms with Crippen molar-refractivity contribution in [2.75, 3.05) is 13.2 Å². The summed E-state index contributed by atoms with van der Waals surface area (Å²) in [6.07, 6.45) is 32.7. The fraction of sp³-hybridized carbons (Fsp3) is 0.923. The third kappa shape index (κ3) is 54.1.